The fourth-order valence-electron chi connectivity index (χ4n) is 5.18. The largest absolute Gasteiger partial charge is 0.507 e. The van der Waals surface area contributed by atoms with Crippen LogP contribution in [0.5, 0.6) is 5.75 Å². The summed E-state index contributed by atoms with van der Waals surface area (Å²) in [6, 6.07) is 13.9. The molecule has 2 aliphatic rings. The number of likely N-dealkylation sites (N-methyl/N-ethyl adjacent to an activating group) is 1. The van der Waals surface area contributed by atoms with Gasteiger partial charge in [0.15, 0.2) is 0 Å². The van der Waals surface area contributed by atoms with Crippen molar-refractivity contribution in [3.8, 4) is 5.75 Å². The highest BCUT2D eigenvalue weighted by molar-refractivity contribution is 6.51. The molecule has 7 nitrogen and oxygen atoms in total. The van der Waals surface area contributed by atoms with Crippen molar-refractivity contribution in [2.45, 2.75) is 19.9 Å². The Balaban J connectivity index is 1.69. The number of nitrogens with zero attached hydrogens (tertiary/aromatic N) is 3. The van der Waals surface area contributed by atoms with Crippen molar-refractivity contribution < 1.29 is 28.2 Å². The van der Waals surface area contributed by atoms with Crippen LogP contribution in [0.2, 0.25) is 0 Å². The number of benzene rings is 3. The van der Waals surface area contributed by atoms with Crippen LogP contribution in [0.3, 0.4) is 0 Å². The highest BCUT2D eigenvalue weighted by Gasteiger charge is 2.47. The number of aliphatic hydroxyl groups excluding tert-OH is 1. The van der Waals surface area contributed by atoms with Gasteiger partial charge in [-0.1, -0.05) is 12.1 Å². The molecule has 2 heterocycles. The molecule has 1 atom stereocenters. The number of ketones is 1. The zero-order valence-electron chi connectivity index (χ0n) is 21.9. The molecule has 2 aliphatic heterocycles. The van der Waals surface area contributed by atoms with Gasteiger partial charge in [0.05, 0.1) is 29.5 Å². The van der Waals surface area contributed by atoms with Gasteiger partial charge in [-0.3, -0.25) is 14.5 Å². The number of anilines is 3. The summed E-state index contributed by atoms with van der Waals surface area (Å²) in [5, 5.41) is 11.5. The van der Waals surface area contributed by atoms with E-state index in [-0.39, 0.29) is 11.3 Å². The molecule has 3 aromatic carbocycles. The maximum atomic E-state index is 15.0. The van der Waals surface area contributed by atoms with E-state index < -0.39 is 35.1 Å². The van der Waals surface area contributed by atoms with Crippen molar-refractivity contribution in [1.29, 1.82) is 0 Å². The molecular weight excluding hydrogens is 504 g/mol. The topological polar surface area (TPSA) is 73.3 Å². The fraction of sp³-hybridized carbons (Fsp3) is 0.267. The maximum absolute atomic E-state index is 15.0. The first-order valence-electron chi connectivity index (χ1n) is 12.8. The first kappa shape index (κ1) is 26.2. The van der Waals surface area contributed by atoms with Crippen molar-refractivity contribution in [2.24, 2.45) is 0 Å². The van der Waals surface area contributed by atoms with Gasteiger partial charge in [-0.15, -0.1) is 0 Å². The summed E-state index contributed by atoms with van der Waals surface area (Å²) in [6.45, 7) is 6.80. The number of hydrogen-bond acceptors (Lipinski definition) is 6. The molecule has 1 amide bonds. The number of hydrogen-bond donors (Lipinski definition) is 1. The van der Waals surface area contributed by atoms with Gasteiger partial charge in [0, 0.05) is 37.5 Å². The Morgan fingerprint density at radius 2 is 1.72 bits per heavy atom. The minimum Gasteiger partial charge on any atom is -0.507 e. The zero-order valence-corrected chi connectivity index (χ0v) is 21.9. The lowest BCUT2D eigenvalue weighted by Crippen LogP contribution is -2.30. The van der Waals surface area contributed by atoms with Crippen LogP contribution >= 0.6 is 0 Å². The molecule has 9 heteroatoms. The zero-order chi connectivity index (χ0) is 27.8. The smallest absolute Gasteiger partial charge is 0.300 e. The second kappa shape index (κ2) is 10.4. The third-order valence-electron chi connectivity index (χ3n) is 7.28. The Labute approximate surface area is 225 Å². The van der Waals surface area contributed by atoms with Gasteiger partial charge in [0.25, 0.3) is 11.7 Å². The number of ether oxygens (including phenoxy) is 1. The van der Waals surface area contributed by atoms with Crippen LogP contribution in [0.25, 0.3) is 5.76 Å². The van der Waals surface area contributed by atoms with E-state index in [9.17, 15) is 23.5 Å². The number of fused-ring (bicyclic) bond motifs is 1. The van der Waals surface area contributed by atoms with E-state index in [2.05, 4.69) is 4.90 Å². The molecule has 0 aromatic heterocycles. The minimum absolute atomic E-state index is 0.182. The average molecular weight is 534 g/mol. The average Bonchev–Trinajstić information content (AvgIpc) is 3.19. The molecule has 5 rings (SSSR count). The summed E-state index contributed by atoms with van der Waals surface area (Å²) in [5.41, 5.74) is 2.03. The van der Waals surface area contributed by atoms with E-state index in [0.29, 0.717) is 36.1 Å². The van der Waals surface area contributed by atoms with Crippen molar-refractivity contribution in [3.63, 3.8) is 0 Å². The van der Waals surface area contributed by atoms with Crippen LogP contribution < -0.4 is 19.4 Å². The van der Waals surface area contributed by atoms with Gasteiger partial charge in [-0.05, 0) is 61.9 Å². The Hall–Kier alpha value is -4.40. The van der Waals surface area contributed by atoms with Gasteiger partial charge >= 0.3 is 0 Å². The van der Waals surface area contributed by atoms with E-state index in [1.165, 1.54) is 0 Å². The quantitative estimate of drug-likeness (QED) is 0.265. The van der Waals surface area contributed by atoms with Gasteiger partial charge in [0.1, 0.15) is 29.8 Å². The summed E-state index contributed by atoms with van der Waals surface area (Å²) in [4.78, 5) is 31.9. The fourth-order valence-corrected chi connectivity index (χ4v) is 5.18. The van der Waals surface area contributed by atoms with Crippen molar-refractivity contribution in [3.05, 3.63) is 89.0 Å². The highest BCUT2D eigenvalue weighted by Crippen LogP contribution is 2.44. The number of amides is 1. The van der Waals surface area contributed by atoms with Crippen LogP contribution in [0.4, 0.5) is 25.8 Å². The summed E-state index contributed by atoms with van der Waals surface area (Å²) >= 11 is 0. The molecule has 3 aromatic rings. The van der Waals surface area contributed by atoms with Crippen LogP contribution in [-0.4, -0.2) is 50.1 Å². The number of Topliss-reactive ketones (excluding diaryl/α,β-unsaturated/α-hetero) is 1. The number of rotatable bonds is 6. The lowest BCUT2D eigenvalue weighted by atomic mass is 9.94. The van der Waals surface area contributed by atoms with E-state index in [1.54, 1.807) is 30.3 Å². The van der Waals surface area contributed by atoms with Gasteiger partial charge in [-0.25, -0.2) is 8.78 Å². The Bertz CT molecular complexity index is 1470. The normalized spacial score (nSPS) is 18.2. The third-order valence-corrected chi connectivity index (χ3v) is 7.28. The van der Waals surface area contributed by atoms with E-state index >= 15 is 0 Å². The SMILES string of the molecule is CCN(CC)c1ccc(C2/C(=C(/O)c3ccc4c(c3)N(C)CCO4)C(=O)C(=O)N2c2ccc(F)cc2F)cc1. The van der Waals surface area contributed by atoms with Gasteiger partial charge in [-0.2, -0.15) is 0 Å². The molecule has 202 valence electrons. The lowest BCUT2D eigenvalue weighted by molar-refractivity contribution is -0.132. The number of aliphatic hydroxyl groups is 1. The Kier molecular flexibility index (Phi) is 6.99. The predicted octanol–water partition coefficient (Wildman–Crippen LogP) is 5.27. The van der Waals surface area contributed by atoms with E-state index in [1.807, 2.05) is 37.9 Å². The second-order valence-electron chi connectivity index (χ2n) is 9.48. The first-order chi connectivity index (χ1) is 18.7. The van der Waals surface area contributed by atoms with Crippen molar-refractivity contribution in [2.75, 3.05) is 48.0 Å². The molecule has 0 aliphatic carbocycles. The summed E-state index contributed by atoms with van der Waals surface area (Å²) < 4.78 is 34.4. The number of carbonyl (C=O) groups excluding carboxylic acids is 2. The van der Waals surface area contributed by atoms with E-state index in [0.717, 1.165) is 41.5 Å². The van der Waals surface area contributed by atoms with Gasteiger partial charge in [0.2, 0.25) is 0 Å². The standard InChI is InChI=1S/C30H29F2N3O4/c1-4-34(5-2)21-10-6-18(7-11-21)27-26(28(36)19-8-13-25-24(16-19)33(3)14-15-39-25)29(37)30(38)35(27)23-12-9-20(31)17-22(23)32/h6-13,16-17,27,36H,4-5,14-15H2,1-3H3/b28-26-. The number of halogens is 2. The molecular formula is C30H29F2N3O4. The lowest BCUT2D eigenvalue weighted by Gasteiger charge is -2.28. The molecule has 1 fully saturated rings. The summed E-state index contributed by atoms with van der Waals surface area (Å²) in [5.74, 6) is -3.53. The second-order valence-corrected chi connectivity index (χ2v) is 9.48. The Morgan fingerprint density at radius 3 is 2.38 bits per heavy atom. The number of carbonyl (C=O) groups is 2. The summed E-state index contributed by atoms with van der Waals surface area (Å²) in [7, 11) is 1.89. The highest BCUT2D eigenvalue weighted by atomic mass is 19.1. The van der Waals surface area contributed by atoms with Crippen molar-refractivity contribution >= 4 is 34.5 Å². The van der Waals surface area contributed by atoms with E-state index in [4.69, 9.17) is 4.74 Å². The predicted molar refractivity (Wildman–Crippen MR) is 146 cm³/mol. The molecule has 39 heavy (non-hydrogen) atoms. The minimum atomic E-state index is -1.14. The summed E-state index contributed by atoms with van der Waals surface area (Å²) in [6.07, 6.45) is 0. The first-order valence-corrected chi connectivity index (χ1v) is 12.8. The van der Waals surface area contributed by atoms with Crippen LogP contribution in [-0.2, 0) is 9.59 Å². The third kappa shape index (κ3) is 4.58. The molecule has 0 radical (unpaired) electrons. The van der Waals surface area contributed by atoms with Gasteiger partial charge < -0.3 is 19.6 Å². The maximum Gasteiger partial charge on any atom is 0.300 e. The molecule has 0 saturated carbocycles. The Morgan fingerprint density at radius 1 is 1.00 bits per heavy atom. The molecule has 0 spiro atoms. The monoisotopic (exact) mass is 533 g/mol. The molecule has 1 N–H and O–H groups in total. The molecule has 1 saturated heterocycles. The van der Waals surface area contributed by atoms with Crippen LogP contribution in [0.15, 0.2) is 66.2 Å². The molecule has 0 bridgehead atoms. The molecule has 1 unspecified atom stereocenters. The van der Waals surface area contributed by atoms with Crippen LogP contribution in [0.1, 0.15) is 31.0 Å². The van der Waals surface area contributed by atoms with Crippen molar-refractivity contribution in [1.82, 2.24) is 0 Å². The van der Waals surface area contributed by atoms with Crippen LogP contribution in [0, 0.1) is 11.6 Å².